The lowest BCUT2D eigenvalue weighted by Crippen LogP contribution is -2.18. The van der Waals surface area contributed by atoms with Crippen molar-refractivity contribution in [2.45, 2.75) is 26.3 Å². The van der Waals surface area contributed by atoms with Crippen molar-refractivity contribution < 1.29 is 14.3 Å². The minimum atomic E-state index is -0.784. The number of aromatic nitrogens is 3. The molecule has 1 heterocycles. The van der Waals surface area contributed by atoms with Gasteiger partial charge in [0.1, 0.15) is 12.2 Å². The van der Waals surface area contributed by atoms with Gasteiger partial charge >= 0.3 is 0 Å². The Morgan fingerprint density at radius 2 is 2.25 bits per heavy atom. The van der Waals surface area contributed by atoms with Crippen LogP contribution in [0.1, 0.15) is 25.7 Å². The standard InChI is InChI=1S/C13H15FN4O2/c1-8(2)18-7-15-17-11(18)6-12(19)16-10-5-3-4-9(14)13(10)20/h3-5,7-8,20H,6H2,1-2H3,(H,16,19). The molecule has 0 saturated carbocycles. The van der Waals surface area contributed by atoms with E-state index < -0.39 is 17.5 Å². The molecule has 7 heteroatoms. The predicted molar refractivity (Wildman–Crippen MR) is 70.8 cm³/mol. The number of benzene rings is 1. The Morgan fingerprint density at radius 3 is 2.95 bits per heavy atom. The van der Waals surface area contributed by atoms with E-state index in [1.807, 2.05) is 13.8 Å². The molecule has 2 rings (SSSR count). The van der Waals surface area contributed by atoms with Crippen molar-refractivity contribution in [2.75, 3.05) is 5.32 Å². The van der Waals surface area contributed by atoms with Crippen LogP contribution in [0.25, 0.3) is 0 Å². The van der Waals surface area contributed by atoms with Crippen LogP contribution in [0.3, 0.4) is 0 Å². The summed E-state index contributed by atoms with van der Waals surface area (Å²) in [6, 6.07) is 4.07. The Balaban J connectivity index is 2.09. The second kappa shape index (κ2) is 5.68. The lowest BCUT2D eigenvalue weighted by molar-refractivity contribution is -0.115. The molecule has 2 aromatic rings. The van der Waals surface area contributed by atoms with Gasteiger partial charge in [-0.15, -0.1) is 10.2 Å². The Hall–Kier alpha value is -2.44. The van der Waals surface area contributed by atoms with Gasteiger partial charge in [0.25, 0.3) is 0 Å². The third-order valence-electron chi connectivity index (χ3n) is 2.78. The monoisotopic (exact) mass is 278 g/mol. The Morgan fingerprint density at radius 1 is 1.50 bits per heavy atom. The number of nitrogens with zero attached hydrogens (tertiary/aromatic N) is 3. The van der Waals surface area contributed by atoms with Crippen LogP contribution < -0.4 is 5.32 Å². The van der Waals surface area contributed by atoms with Gasteiger partial charge in [0, 0.05) is 6.04 Å². The number of nitrogens with one attached hydrogen (secondary N) is 1. The summed E-state index contributed by atoms with van der Waals surface area (Å²) < 4.78 is 14.9. The van der Waals surface area contributed by atoms with Crippen LogP contribution in [0.2, 0.25) is 0 Å². The van der Waals surface area contributed by atoms with E-state index in [0.717, 1.165) is 6.07 Å². The molecule has 0 radical (unpaired) electrons. The zero-order valence-corrected chi connectivity index (χ0v) is 11.2. The highest BCUT2D eigenvalue weighted by atomic mass is 19.1. The highest BCUT2D eigenvalue weighted by molar-refractivity contribution is 5.93. The van der Waals surface area contributed by atoms with Gasteiger partial charge in [0.2, 0.25) is 5.91 Å². The van der Waals surface area contributed by atoms with Gasteiger partial charge in [-0.25, -0.2) is 4.39 Å². The molecule has 0 aliphatic carbocycles. The number of phenolic OH excluding ortho intramolecular Hbond substituents is 1. The summed E-state index contributed by atoms with van der Waals surface area (Å²) in [5.74, 6) is -1.26. The first-order chi connectivity index (χ1) is 9.49. The molecular formula is C13H15FN4O2. The van der Waals surface area contributed by atoms with E-state index >= 15 is 0 Å². The van der Waals surface area contributed by atoms with Crippen LogP contribution in [-0.2, 0) is 11.2 Å². The Bertz CT molecular complexity index is 625. The van der Waals surface area contributed by atoms with Crippen LogP contribution in [0.4, 0.5) is 10.1 Å². The van der Waals surface area contributed by atoms with Crippen molar-refractivity contribution in [3.05, 3.63) is 36.2 Å². The van der Waals surface area contributed by atoms with Gasteiger partial charge in [-0.1, -0.05) is 6.07 Å². The van der Waals surface area contributed by atoms with Crippen LogP contribution in [0.5, 0.6) is 5.75 Å². The summed E-state index contributed by atoms with van der Waals surface area (Å²) in [5, 5.41) is 19.6. The summed E-state index contributed by atoms with van der Waals surface area (Å²) in [7, 11) is 0. The summed E-state index contributed by atoms with van der Waals surface area (Å²) in [6.07, 6.45) is 1.54. The van der Waals surface area contributed by atoms with Crippen molar-refractivity contribution in [1.82, 2.24) is 14.8 Å². The molecule has 1 aromatic heterocycles. The zero-order valence-electron chi connectivity index (χ0n) is 11.2. The number of hydrogen-bond donors (Lipinski definition) is 2. The lowest BCUT2D eigenvalue weighted by Gasteiger charge is -2.10. The maximum Gasteiger partial charge on any atom is 0.232 e. The number of phenols is 1. The lowest BCUT2D eigenvalue weighted by atomic mass is 10.2. The van der Waals surface area contributed by atoms with E-state index in [4.69, 9.17) is 0 Å². The van der Waals surface area contributed by atoms with Crippen LogP contribution in [0, 0.1) is 5.82 Å². The van der Waals surface area contributed by atoms with Gasteiger partial charge in [0.05, 0.1) is 12.1 Å². The quantitative estimate of drug-likeness (QED) is 0.837. The molecule has 0 aliphatic rings. The largest absolute Gasteiger partial charge is 0.503 e. The molecular weight excluding hydrogens is 263 g/mol. The highest BCUT2D eigenvalue weighted by Crippen LogP contribution is 2.25. The summed E-state index contributed by atoms with van der Waals surface area (Å²) in [5.41, 5.74) is 0.0330. The van der Waals surface area contributed by atoms with E-state index in [1.54, 1.807) is 10.9 Å². The first kappa shape index (κ1) is 14.0. The first-order valence-corrected chi connectivity index (χ1v) is 6.14. The number of rotatable bonds is 4. The van der Waals surface area contributed by atoms with Crippen molar-refractivity contribution in [3.8, 4) is 5.75 Å². The van der Waals surface area contributed by atoms with Crippen LogP contribution in [-0.4, -0.2) is 25.8 Å². The molecule has 0 unspecified atom stereocenters. The first-order valence-electron chi connectivity index (χ1n) is 6.14. The maximum absolute atomic E-state index is 13.1. The molecule has 0 aliphatic heterocycles. The molecule has 0 fully saturated rings. The van der Waals surface area contributed by atoms with E-state index in [0.29, 0.717) is 5.82 Å². The van der Waals surface area contributed by atoms with E-state index in [-0.39, 0.29) is 18.2 Å². The van der Waals surface area contributed by atoms with E-state index in [9.17, 15) is 14.3 Å². The molecule has 2 N–H and O–H groups in total. The SMILES string of the molecule is CC(C)n1cnnc1CC(=O)Nc1cccc(F)c1O. The van der Waals surface area contributed by atoms with Gasteiger partial charge in [-0.3, -0.25) is 4.79 Å². The molecule has 20 heavy (non-hydrogen) atoms. The fourth-order valence-corrected chi connectivity index (χ4v) is 1.78. The Labute approximate surface area is 115 Å². The fraction of sp³-hybridized carbons (Fsp3) is 0.308. The van der Waals surface area contributed by atoms with Crippen molar-refractivity contribution in [2.24, 2.45) is 0 Å². The number of halogens is 1. The molecule has 0 atom stereocenters. The number of carbonyl (C=O) groups excluding carboxylic acids is 1. The van der Waals surface area contributed by atoms with Crippen molar-refractivity contribution in [3.63, 3.8) is 0 Å². The second-order valence-electron chi connectivity index (χ2n) is 4.61. The molecule has 6 nitrogen and oxygen atoms in total. The molecule has 1 amide bonds. The second-order valence-corrected chi connectivity index (χ2v) is 4.61. The van der Waals surface area contributed by atoms with Gasteiger partial charge in [-0.05, 0) is 26.0 Å². The Kier molecular flexibility index (Phi) is 3.97. The molecule has 106 valence electrons. The number of amides is 1. The van der Waals surface area contributed by atoms with Crippen LogP contribution in [0.15, 0.2) is 24.5 Å². The molecule has 0 saturated heterocycles. The van der Waals surface area contributed by atoms with Gasteiger partial charge < -0.3 is 15.0 Å². The molecule has 0 bridgehead atoms. The highest BCUT2D eigenvalue weighted by Gasteiger charge is 2.14. The molecule has 1 aromatic carbocycles. The van der Waals surface area contributed by atoms with Crippen molar-refractivity contribution in [1.29, 1.82) is 0 Å². The third kappa shape index (κ3) is 2.93. The van der Waals surface area contributed by atoms with Gasteiger partial charge in [0.15, 0.2) is 11.6 Å². The smallest absolute Gasteiger partial charge is 0.232 e. The molecule has 0 spiro atoms. The average Bonchev–Trinajstić information content (AvgIpc) is 2.83. The third-order valence-corrected chi connectivity index (χ3v) is 2.78. The van der Waals surface area contributed by atoms with E-state index in [1.165, 1.54) is 12.1 Å². The predicted octanol–water partition coefficient (Wildman–Crippen LogP) is 1.88. The number of aromatic hydroxyl groups is 1. The van der Waals surface area contributed by atoms with Crippen molar-refractivity contribution >= 4 is 11.6 Å². The summed E-state index contributed by atoms with van der Waals surface area (Å²) in [4.78, 5) is 11.9. The summed E-state index contributed by atoms with van der Waals surface area (Å²) >= 11 is 0. The van der Waals surface area contributed by atoms with Crippen LogP contribution >= 0.6 is 0 Å². The van der Waals surface area contributed by atoms with Gasteiger partial charge in [-0.2, -0.15) is 0 Å². The number of anilines is 1. The fourth-order valence-electron chi connectivity index (χ4n) is 1.78. The zero-order chi connectivity index (χ0) is 14.7. The maximum atomic E-state index is 13.1. The normalized spacial score (nSPS) is 10.8. The minimum Gasteiger partial charge on any atom is -0.503 e. The van der Waals surface area contributed by atoms with E-state index in [2.05, 4.69) is 15.5 Å². The average molecular weight is 278 g/mol. The topological polar surface area (TPSA) is 80.0 Å². The number of para-hydroxylation sites is 1. The summed E-state index contributed by atoms with van der Waals surface area (Å²) in [6.45, 7) is 3.90. The number of hydrogen-bond acceptors (Lipinski definition) is 4. The minimum absolute atomic E-state index is 0.00582. The number of carbonyl (C=O) groups is 1.